The lowest BCUT2D eigenvalue weighted by atomic mass is 9.85. The summed E-state index contributed by atoms with van der Waals surface area (Å²) in [6, 6.07) is 39.1. The van der Waals surface area contributed by atoms with E-state index in [1.807, 2.05) is 66.7 Å². The van der Waals surface area contributed by atoms with Crippen molar-refractivity contribution >= 4 is 54.6 Å². The number of hydrogen-bond acceptors (Lipinski definition) is 5. The van der Waals surface area contributed by atoms with Gasteiger partial charge >= 0.3 is 0 Å². The molecule has 45 heavy (non-hydrogen) atoms. The van der Waals surface area contributed by atoms with Gasteiger partial charge in [-0.2, -0.15) is 15.8 Å². The van der Waals surface area contributed by atoms with Crippen LogP contribution in [0.25, 0.3) is 76.7 Å². The van der Waals surface area contributed by atoms with Gasteiger partial charge in [0.1, 0.15) is 11.3 Å². The fraction of sp³-hybridized carbons (Fsp3) is 0.0250. The molecule has 0 N–H and O–H groups in total. The average molecular weight is 594 g/mol. The molecule has 0 aliphatic carbocycles. The third-order valence-electron chi connectivity index (χ3n) is 8.08. The van der Waals surface area contributed by atoms with Crippen molar-refractivity contribution in [3.8, 4) is 51.6 Å². The number of furan rings is 1. The zero-order valence-electron chi connectivity index (χ0n) is 24.3. The first-order valence-electron chi connectivity index (χ1n) is 14.3. The van der Waals surface area contributed by atoms with Gasteiger partial charge in [-0.1, -0.05) is 55.1 Å². The standard InChI is InChI=1S/C40H23N3OS/c1-3-36-32(17-24(2)21-41)33-20-27(12-14-37(33)44-36)40-30(9-6-10-31(40)29-8-5-4-7-28(29)23-43)26-13-16-39-35(19-26)34-18-25(22-42)11-15-38(34)45-39/h3-20H,1H2,2H3/b24-17+. The first kappa shape index (κ1) is 27.6. The fourth-order valence-corrected chi connectivity index (χ4v) is 7.07. The second-order valence-corrected chi connectivity index (χ2v) is 11.8. The maximum Gasteiger partial charge on any atom is 0.135 e. The molecule has 0 spiro atoms. The molecule has 7 rings (SSSR count). The molecule has 0 atom stereocenters. The molecule has 0 saturated heterocycles. The molecule has 0 amide bonds. The Morgan fingerprint density at radius 3 is 2.22 bits per heavy atom. The molecule has 0 unspecified atom stereocenters. The van der Waals surface area contributed by atoms with Gasteiger partial charge < -0.3 is 4.42 Å². The lowest BCUT2D eigenvalue weighted by molar-refractivity contribution is 0.603. The molecule has 0 aliphatic heterocycles. The van der Waals surface area contributed by atoms with Crippen LogP contribution in [0.3, 0.4) is 0 Å². The van der Waals surface area contributed by atoms with Gasteiger partial charge in [0, 0.05) is 42.3 Å². The van der Waals surface area contributed by atoms with E-state index in [2.05, 4.69) is 61.2 Å². The summed E-state index contributed by atoms with van der Waals surface area (Å²) in [4.78, 5) is 0. The van der Waals surface area contributed by atoms with Crippen LogP contribution >= 0.6 is 11.3 Å². The van der Waals surface area contributed by atoms with Crippen molar-refractivity contribution in [2.75, 3.05) is 0 Å². The topological polar surface area (TPSA) is 84.5 Å². The number of fused-ring (bicyclic) bond motifs is 4. The number of rotatable bonds is 5. The van der Waals surface area contributed by atoms with Crippen LogP contribution in [-0.2, 0) is 0 Å². The number of thiophene rings is 1. The van der Waals surface area contributed by atoms with Crippen molar-refractivity contribution in [1.82, 2.24) is 0 Å². The Kier molecular flexibility index (Phi) is 6.84. The molecule has 210 valence electrons. The fourth-order valence-electron chi connectivity index (χ4n) is 6.00. The molecule has 2 heterocycles. The van der Waals surface area contributed by atoms with Gasteiger partial charge in [-0.15, -0.1) is 11.3 Å². The highest BCUT2D eigenvalue weighted by Gasteiger charge is 2.19. The summed E-state index contributed by atoms with van der Waals surface area (Å²) >= 11 is 1.71. The molecule has 0 aliphatic rings. The van der Waals surface area contributed by atoms with E-state index in [0.29, 0.717) is 28.0 Å². The van der Waals surface area contributed by atoms with E-state index in [4.69, 9.17) is 4.42 Å². The van der Waals surface area contributed by atoms with E-state index in [0.717, 1.165) is 64.5 Å². The van der Waals surface area contributed by atoms with Crippen LogP contribution in [0.15, 0.2) is 114 Å². The lowest BCUT2D eigenvalue weighted by Gasteiger charge is -2.17. The summed E-state index contributed by atoms with van der Waals surface area (Å²) in [6.07, 6.45) is 3.49. The van der Waals surface area contributed by atoms with E-state index >= 15 is 0 Å². The van der Waals surface area contributed by atoms with E-state index < -0.39 is 0 Å². The van der Waals surface area contributed by atoms with Crippen molar-refractivity contribution in [2.45, 2.75) is 6.92 Å². The van der Waals surface area contributed by atoms with Crippen LogP contribution in [0.2, 0.25) is 0 Å². The van der Waals surface area contributed by atoms with E-state index in [9.17, 15) is 15.8 Å². The smallest absolute Gasteiger partial charge is 0.135 e. The van der Waals surface area contributed by atoms with Crippen LogP contribution in [-0.4, -0.2) is 0 Å². The Bertz CT molecular complexity index is 2510. The molecule has 4 nitrogen and oxygen atoms in total. The highest BCUT2D eigenvalue weighted by Crippen LogP contribution is 2.44. The van der Waals surface area contributed by atoms with Crippen molar-refractivity contribution in [3.63, 3.8) is 0 Å². The Hall–Kier alpha value is -6.19. The first-order valence-corrected chi connectivity index (χ1v) is 15.1. The van der Waals surface area contributed by atoms with Gasteiger partial charge in [-0.3, -0.25) is 0 Å². The van der Waals surface area contributed by atoms with Crippen LogP contribution in [0.5, 0.6) is 0 Å². The van der Waals surface area contributed by atoms with Gasteiger partial charge in [-0.25, -0.2) is 0 Å². The molecule has 0 radical (unpaired) electrons. The summed E-state index contributed by atoms with van der Waals surface area (Å²) in [6.45, 7) is 5.70. The van der Waals surface area contributed by atoms with E-state index in [-0.39, 0.29) is 0 Å². The molecule has 2 aromatic heterocycles. The minimum atomic E-state index is 0.561. The predicted octanol–water partition coefficient (Wildman–Crippen LogP) is 11.1. The van der Waals surface area contributed by atoms with Crippen LogP contribution in [0, 0.1) is 34.0 Å². The molecule has 0 fully saturated rings. The van der Waals surface area contributed by atoms with Crippen molar-refractivity contribution in [3.05, 3.63) is 132 Å². The highest BCUT2D eigenvalue weighted by atomic mass is 32.1. The average Bonchev–Trinajstić information content (AvgIpc) is 3.64. The second-order valence-electron chi connectivity index (χ2n) is 10.8. The third-order valence-corrected chi connectivity index (χ3v) is 9.23. The second kappa shape index (κ2) is 11.1. The molecular weight excluding hydrogens is 571 g/mol. The first-order chi connectivity index (χ1) is 22.0. The predicted molar refractivity (Wildman–Crippen MR) is 184 cm³/mol. The zero-order chi connectivity index (χ0) is 31.1. The van der Waals surface area contributed by atoms with Crippen LogP contribution < -0.4 is 0 Å². The Morgan fingerprint density at radius 1 is 0.733 bits per heavy atom. The Balaban J connectivity index is 1.55. The Morgan fingerprint density at radius 2 is 1.44 bits per heavy atom. The van der Waals surface area contributed by atoms with Gasteiger partial charge in [0.25, 0.3) is 0 Å². The monoisotopic (exact) mass is 593 g/mol. The molecule has 0 saturated carbocycles. The quantitative estimate of drug-likeness (QED) is 0.186. The normalized spacial score (nSPS) is 11.4. The number of benzene rings is 5. The number of allylic oxidation sites excluding steroid dienone is 1. The maximum atomic E-state index is 10.1. The minimum Gasteiger partial charge on any atom is -0.456 e. The summed E-state index contributed by atoms with van der Waals surface area (Å²) in [5, 5.41) is 32.2. The van der Waals surface area contributed by atoms with Crippen molar-refractivity contribution < 1.29 is 4.42 Å². The van der Waals surface area contributed by atoms with Crippen molar-refractivity contribution in [2.24, 2.45) is 0 Å². The zero-order valence-corrected chi connectivity index (χ0v) is 25.1. The maximum absolute atomic E-state index is 10.1. The molecular formula is C40H23N3OS. The highest BCUT2D eigenvalue weighted by molar-refractivity contribution is 7.25. The van der Waals surface area contributed by atoms with Gasteiger partial charge in [0.05, 0.1) is 29.3 Å². The molecule has 0 bridgehead atoms. The molecule has 5 heteroatoms. The van der Waals surface area contributed by atoms with Crippen LogP contribution in [0.1, 0.15) is 29.4 Å². The number of nitriles is 3. The van der Waals surface area contributed by atoms with Crippen molar-refractivity contribution in [1.29, 1.82) is 15.8 Å². The van der Waals surface area contributed by atoms with Gasteiger partial charge in [0.15, 0.2) is 0 Å². The van der Waals surface area contributed by atoms with E-state index in [1.165, 1.54) is 0 Å². The third kappa shape index (κ3) is 4.68. The molecule has 7 aromatic rings. The van der Waals surface area contributed by atoms with Crippen LogP contribution in [0.4, 0.5) is 0 Å². The van der Waals surface area contributed by atoms with Gasteiger partial charge in [0.2, 0.25) is 0 Å². The summed E-state index contributed by atoms with van der Waals surface area (Å²) in [7, 11) is 0. The number of hydrogen-bond donors (Lipinski definition) is 0. The molecule has 5 aromatic carbocycles. The SMILES string of the molecule is C=Cc1oc2ccc(-c3c(-c4ccc5sc6ccc(C#N)cc6c5c4)cccc3-c3ccccc3C#N)cc2c1/C=C(\C)C#N. The summed E-state index contributed by atoms with van der Waals surface area (Å²) < 4.78 is 8.40. The largest absolute Gasteiger partial charge is 0.456 e. The van der Waals surface area contributed by atoms with Gasteiger partial charge in [-0.05, 0) is 95.4 Å². The van der Waals surface area contributed by atoms with E-state index in [1.54, 1.807) is 24.3 Å². The lowest BCUT2D eigenvalue weighted by Crippen LogP contribution is -1.93. The summed E-state index contributed by atoms with van der Waals surface area (Å²) in [5.41, 5.74) is 9.02. The Labute approximate surface area is 264 Å². The minimum absolute atomic E-state index is 0.561. The number of nitrogens with zero attached hydrogens (tertiary/aromatic N) is 3. The summed E-state index contributed by atoms with van der Waals surface area (Å²) in [5.74, 6) is 0.603.